The maximum absolute atomic E-state index is 13.0. The largest absolute Gasteiger partial charge is 0.374 e. The van der Waals surface area contributed by atoms with Crippen LogP contribution in [0.3, 0.4) is 0 Å². The van der Waals surface area contributed by atoms with E-state index in [1.165, 1.54) is 5.56 Å². The van der Waals surface area contributed by atoms with Crippen LogP contribution in [0.2, 0.25) is 0 Å². The molecule has 2 aliphatic rings. The van der Waals surface area contributed by atoms with Crippen molar-refractivity contribution in [3.8, 4) is 0 Å². The molecule has 1 aliphatic carbocycles. The summed E-state index contributed by atoms with van der Waals surface area (Å²) in [6.45, 7) is 8.03. The molecule has 1 aromatic rings. The molecule has 1 amide bonds. The third kappa shape index (κ3) is 4.08. The standard InChI is InChI=1S/C19H29N3O2/c1-14-10-17(15(2)20-14)11-22(19(23)16-6-4-5-7-16)13-18-12-21(3)8-9-24-18/h6,10,18,20H,4-5,7-9,11-13H2,1-3H3/t18-/m0/s1. The number of nitrogens with one attached hydrogen (secondary N) is 1. The first kappa shape index (κ1) is 17.2. The Balaban J connectivity index is 1.74. The van der Waals surface area contributed by atoms with Crippen molar-refractivity contribution in [2.24, 2.45) is 0 Å². The topological polar surface area (TPSA) is 48.6 Å². The van der Waals surface area contributed by atoms with Gasteiger partial charge in [0.1, 0.15) is 0 Å². The Morgan fingerprint density at radius 1 is 1.46 bits per heavy atom. The first-order valence-corrected chi connectivity index (χ1v) is 8.96. The van der Waals surface area contributed by atoms with E-state index in [1.54, 1.807) is 0 Å². The van der Waals surface area contributed by atoms with Crippen molar-refractivity contribution >= 4 is 5.91 Å². The molecule has 1 atom stereocenters. The molecule has 24 heavy (non-hydrogen) atoms. The number of nitrogens with zero attached hydrogens (tertiary/aromatic N) is 2. The van der Waals surface area contributed by atoms with Gasteiger partial charge in [-0.05, 0) is 51.8 Å². The van der Waals surface area contributed by atoms with Crippen LogP contribution in [0.1, 0.15) is 36.2 Å². The van der Waals surface area contributed by atoms with Gasteiger partial charge >= 0.3 is 0 Å². The molecule has 0 spiro atoms. The number of rotatable bonds is 5. The van der Waals surface area contributed by atoms with E-state index >= 15 is 0 Å². The zero-order valence-corrected chi connectivity index (χ0v) is 15.1. The Hall–Kier alpha value is -1.59. The summed E-state index contributed by atoms with van der Waals surface area (Å²) in [7, 11) is 2.11. The molecular formula is C19H29N3O2. The van der Waals surface area contributed by atoms with Gasteiger partial charge in [-0.2, -0.15) is 0 Å². The highest BCUT2D eigenvalue weighted by molar-refractivity contribution is 5.93. The van der Waals surface area contributed by atoms with E-state index in [-0.39, 0.29) is 12.0 Å². The summed E-state index contributed by atoms with van der Waals surface area (Å²) < 4.78 is 5.90. The molecule has 1 aliphatic heterocycles. The molecular weight excluding hydrogens is 302 g/mol. The molecule has 5 heteroatoms. The monoisotopic (exact) mass is 331 g/mol. The van der Waals surface area contributed by atoms with E-state index in [1.807, 2.05) is 4.90 Å². The average molecular weight is 331 g/mol. The number of carbonyl (C=O) groups is 1. The number of aromatic nitrogens is 1. The van der Waals surface area contributed by atoms with Gasteiger partial charge in [-0.1, -0.05) is 6.08 Å². The third-order valence-corrected chi connectivity index (χ3v) is 4.99. The first-order chi connectivity index (χ1) is 11.5. The lowest BCUT2D eigenvalue weighted by atomic mass is 10.1. The quantitative estimate of drug-likeness (QED) is 0.901. The highest BCUT2D eigenvalue weighted by Crippen LogP contribution is 2.22. The highest BCUT2D eigenvalue weighted by atomic mass is 16.5. The van der Waals surface area contributed by atoms with Crippen LogP contribution in [0, 0.1) is 13.8 Å². The van der Waals surface area contributed by atoms with Crippen LogP contribution in [-0.2, 0) is 16.1 Å². The van der Waals surface area contributed by atoms with Crippen molar-refractivity contribution in [1.29, 1.82) is 0 Å². The van der Waals surface area contributed by atoms with Gasteiger partial charge in [0, 0.05) is 43.1 Å². The van der Waals surface area contributed by atoms with Gasteiger partial charge in [-0.3, -0.25) is 4.79 Å². The lowest BCUT2D eigenvalue weighted by Gasteiger charge is -2.34. The number of amides is 1. The smallest absolute Gasteiger partial charge is 0.249 e. The van der Waals surface area contributed by atoms with Crippen LogP contribution in [0.4, 0.5) is 0 Å². The predicted molar refractivity (Wildman–Crippen MR) is 94.9 cm³/mol. The number of morpholine rings is 1. The second kappa shape index (κ2) is 7.53. The molecule has 5 nitrogen and oxygen atoms in total. The van der Waals surface area contributed by atoms with Crippen LogP contribution < -0.4 is 0 Å². The van der Waals surface area contributed by atoms with Crippen LogP contribution >= 0.6 is 0 Å². The summed E-state index contributed by atoms with van der Waals surface area (Å²) in [5.41, 5.74) is 4.46. The Morgan fingerprint density at radius 2 is 2.29 bits per heavy atom. The van der Waals surface area contributed by atoms with Crippen molar-refractivity contribution < 1.29 is 9.53 Å². The average Bonchev–Trinajstić information content (AvgIpc) is 3.16. The van der Waals surface area contributed by atoms with Crippen molar-refractivity contribution in [3.63, 3.8) is 0 Å². The third-order valence-electron chi connectivity index (χ3n) is 4.99. The number of hydrogen-bond donors (Lipinski definition) is 1. The summed E-state index contributed by atoms with van der Waals surface area (Å²) in [4.78, 5) is 20.6. The Morgan fingerprint density at radius 3 is 2.92 bits per heavy atom. The lowest BCUT2D eigenvalue weighted by molar-refractivity contribution is -0.131. The minimum atomic E-state index is 0.0926. The molecule has 0 bridgehead atoms. The van der Waals surface area contributed by atoms with E-state index in [4.69, 9.17) is 4.74 Å². The van der Waals surface area contributed by atoms with Gasteiger partial charge in [0.05, 0.1) is 12.7 Å². The summed E-state index contributed by atoms with van der Waals surface area (Å²) in [6.07, 6.45) is 5.24. The predicted octanol–water partition coefficient (Wildman–Crippen LogP) is 2.40. The first-order valence-electron chi connectivity index (χ1n) is 8.96. The Kier molecular flexibility index (Phi) is 5.41. The number of likely N-dealkylation sites (N-methyl/N-ethyl adjacent to an activating group) is 1. The van der Waals surface area contributed by atoms with E-state index < -0.39 is 0 Å². The van der Waals surface area contributed by atoms with Crippen molar-refractivity contribution in [3.05, 3.63) is 34.7 Å². The molecule has 1 N–H and O–H groups in total. The molecule has 3 rings (SSSR count). The second-order valence-electron chi connectivity index (χ2n) is 7.16. The number of aromatic amines is 1. The summed E-state index contributed by atoms with van der Waals surface area (Å²) in [5, 5.41) is 0. The fourth-order valence-electron chi connectivity index (χ4n) is 3.66. The zero-order valence-electron chi connectivity index (χ0n) is 15.1. The Labute approximate surface area is 144 Å². The normalized spacial score (nSPS) is 21.8. The fourth-order valence-corrected chi connectivity index (χ4v) is 3.66. The molecule has 0 unspecified atom stereocenters. The van der Waals surface area contributed by atoms with Crippen LogP contribution in [0.15, 0.2) is 17.7 Å². The highest BCUT2D eigenvalue weighted by Gasteiger charge is 2.26. The van der Waals surface area contributed by atoms with E-state index in [2.05, 4.69) is 42.9 Å². The van der Waals surface area contributed by atoms with Gasteiger partial charge in [0.25, 0.3) is 0 Å². The molecule has 0 saturated carbocycles. The van der Waals surface area contributed by atoms with Crippen LogP contribution in [0.25, 0.3) is 0 Å². The molecule has 2 heterocycles. The molecule has 1 saturated heterocycles. The maximum Gasteiger partial charge on any atom is 0.249 e. The van der Waals surface area contributed by atoms with Crippen LogP contribution in [0.5, 0.6) is 0 Å². The number of ether oxygens (including phenoxy) is 1. The maximum atomic E-state index is 13.0. The Bertz CT molecular complexity index is 620. The SMILES string of the molecule is Cc1cc(CN(C[C@@H]2CN(C)CCO2)C(=O)C2=CCCC2)c(C)[nH]1. The van der Waals surface area contributed by atoms with Gasteiger partial charge < -0.3 is 19.5 Å². The number of hydrogen-bond acceptors (Lipinski definition) is 3. The minimum absolute atomic E-state index is 0.0926. The second-order valence-corrected chi connectivity index (χ2v) is 7.16. The van der Waals surface area contributed by atoms with Gasteiger partial charge in [-0.25, -0.2) is 0 Å². The zero-order chi connectivity index (χ0) is 17.1. The summed E-state index contributed by atoms with van der Waals surface area (Å²) in [6, 6.07) is 2.15. The minimum Gasteiger partial charge on any atom is -0.374 e. The summed E-state index contributed by atoms with van der Waals surface area (Å²) in [5.74, 6) is 0.183. The van der Waals surface area contributed by atoms with E-state index in [0.29, 0.717) is 13.1 Å². The summed E-state index contributed by atoms with van der Waals surface area (Å²) >= 11 is 0. The van der Waals surface area contributed by atoms with Gasteiger partial charge in [0.2, 0.25) is 5.91 Å². The molecule has 132 valence electrons. The van der Waals surface area contributed by atoms with E-state index in [0.717, 1.165) is 55.9 Å². The van der Waals surface area contributed by atoms with Gasteiger partial charge in [0.15, 0.2) is 0 Å². The van der Waals surface area contributed by atoms with Crippen molar-refractivity contribution in [2.45, 2.75) is 45.8 Å². The van der Waals surface area contributed by atoms with Crippen molar-refractivity contribution in [2.75, 3.05) is 33.3 Å². The molecule has 0 radical (unpaired) electrons. The van der Waals surface area contributed by atoms with Crippen molar-refractivity contribution in [1.82, 2.24) is 14.8 Å². The molecule has 1 fully saturated rings. The number of allylic oxidation sites excluding steroid dienone is 1. The number of aryl methyl sites for hydroxylation is 2. The van der Waals surface area contributed by atoms with Gasteiger partial charge in [-0.15, -0.1) is 0 Å². The fraction of sp³-hybridized carbons (Fsp3) is 0.632. The lowest BCUT2D eigenvalue weighted by Crippen LogP contribution is -2.47. The molecule has 0 aromatic carbocycles. The number of carbonyl (C=O) groups excluding carboxylic acids is 1. The van der Waals surface area contributed by atoms with E-state index in [9.17, 15) is 4.79 Å². The van der Waals surface area contributed by atoms with Crippen LogP contribution in [-0.4, -0.2) is 60.1 Å². The molecule has 1 aromatic heterocycles. The number of H-pyrrole nitrogens is 1.